The van der Waals surface area contributed by atoms with Gasteiger partial charge in [0.2, 0.25) is 6.71 Å². The summed E-state index contributed by atoms with van der Waals surface area (Å²) < 4.78 is 2.25. The predicted molar refractivity (Wildman–Crippen MR) is 200 cm³/mol. The van der Waals surface area contributed by atoms with Gasteiger partial charge in [-0.3, -0.25) is 0 Å². The number of amidine groups is 1. The molecule has 5 nitrogen and oxygen atoms in total. The van der Waals surface area contributed by atoms with Crippen molar-refractivity contribution in [3.8, 4) is 11.4 Å². The number of benzene rings is 4. The first kappa shape index (κ1) is 30.6. The van der Waals surface area contributed by atoms with Crippen LogP contribution in [0.25, 0.3) is 11.4 Å². The Bertz CT molecular complexity index is 2010. The van der Waals surface area contributed by atoms with Crippen molar-refractivity contribution in [2.24, 2.45) is 12.1 Å². The minimum Gasteiger partial charge on any atom is -0.331 e. The number of para-hydroxylation sites is 1. The molecule has 47 heavy (non-hydrogen) atoms. The first-order valence-corrected chi connectivity index (χ1v) is 16.6. The van der Waals surface area contributed by atoms with Crippen LogP contribution >= 0.6 is 0 Å². The maximum atomic E-state index is 5.25. The standard InChI is InChI=1S/C41H42BN5/c1-28-23-29(2)39(30(3)24-28)42(36-19-14-22-38(26-36)47-27-46(32(5)44-47)37-20-11-8-12-21-37)35-18-13-17-34(25-35)41-43-40(31(4)45(41)6)33-15-9-7-10-16-33/h7-15,17-26,33H,16,27H2,1-6H3/t33-/m1/s1. The molecule has 0 fully saturated rings. The number of nitrogens with zero attached hydrogens (tertiary/aromatic N) is 5. The highest BCUT2D eigenvalue weighted by Gasteiger charge is 2.29. The summed E-state index contributed by atoms with van der Waals surface area (Å²) in [5.74, 6) is 2.31. The molecule has 2 aliphatic rings. The quantitative estimate of drug-likeness (QED) is 0.184. The lowest BCUT2D eigenvalue weighted by Crippen LogP contribution is -2.54. The number of allylic oxidation sites excluding steroid dienone is 4. The topological polar surface area (TPSA) is 36.7 Å². The van der Waals surface area contributed by atoms with Crippen LogP contribution in [0.2, 0.25) is 0 Å². The molecule has 0 bridgehead atoms. The first-order valence-electron chi connectivity index (χ1n) is 16.6. The number of hydrogen-bond donors (Lipinski definition) is 0. The molecular weight excluding hydrogens is 573 g/mol. The summed E-state index contributed by atoms with van der Waals surface area (Å²) in [6.07, 6.45) is 9.76. The van der Waals surface area contributed by atoms with E-state index in [1.165, 1.54) is 38.8 Å². The van der Waals surface area contributed by atoms with Crippen molar-refractivity contribution in [3.05, 3.63) is 143 Å². The molecule has 1 atom stereocenters. The van der Waals surface area contributed by atoms with Crippen LogP contribution in [-0.4, -0.2) is 28.8 Å². The van der Waals surface area contributed by atoms with E-state index in [0.717, 1.165) is 40.7 Å². The number of aryl methyl sites for hydroxylation is 3. The van der Waals surface area contributed by atoms with Gasteiger partial charge in [0.15, 0.2) is 0 Å². The zero-order valence-electron chi connectivity index (χ0n) is 28.3. The maximum absolute atomic E-state index is 5.25. The van der Waals surface area contributed by atoms with Crippen LogP contribution in [0.5, 0.6) is 0 Å². The normalized spacial score (nSPS) is 15.8. The van der Waals surface area contributed by atoms with E-state index in [1.54, 1.807) is 0 Å². The number of imidazole rings is 1. The van der Waals surface area contributed by atoms with Crippen molar-refractivity contribution < 1.29 is 0 Å². The van der Waals surface area contributed by atoms with Gasteiger partial charge >= 0.3 is 0 Å². The predicted octanol–water partition coefficient (Wildman–Crippen LogP) is 7.05. The van der Waals surface area contributed by atoms with Gasteiger partial charge in [-0.15, -0.1) is 0 Å². The second-order valence-electron chi connectivity index (χ2n) is 13.0. The van der Waals surface area contributed by atoms with Gasteiger partial charge in [0, 0.05) is 29.9 Å². The van der Waals surface area contributed by atoms with Gasteiger partial charge in [0.05, 0.1) is 11.4 Å². The number of hydrogen-bond acceptors (Lipinski definition) is 4. The van der Waals surface area contributed by atoms with Crippen LogP contribution < -0.4 is 26.3 Å². The van der Waals surface area contributed by atoms with Crippen molar-refractivity contribution in [1.82, 2.24) is 9.55 Å². The van der Waals surface area contributed by atoms with Crippen molar-refractivity contribution >= 4 is 40.3 Å². The van der Waals surface area contributed by atoms with Crippen LogP contribution in [0.1, 0.15) is 47.3 Å². The highest BCUT2D eigenvalue weighted by atomic mass is 15.6. The van der Waals surface area contributed by atoms with E-state index >= 15 is 0 Å². The van der Waals surface area contributed by atoms with E-state index in [2.05, 4.69) is 171 Å². The lowest BCUT2D eigenvalue weighted by atomic mass is 9.35. The molecule has 0 amide bonds. The van der Waals surface area contributed by atoms with Gasteiger partial charge in [0.25, 0.3) is 0 Å². The summed E-state index contributed by atoms with van der Waals surface area (Å²) in [6, 6.07) is 33.1. The van der Waals surface area contributed by atoms with E-state index in [0.29, 0.717) is 12.6 Å². The monoisotopic (exact) mass is 615 g/mol. The van der Waals surface area contributed by atoms with Gasteiger partial charge in [-0.25, -0.2) is 9.99 Å². The number of hydrazone groups is 1. The largest absolute Gasteiger partial charge is 0.331 e. The Morgan fingerprint density at radius 1 is 0.745 bits per heavy atom. The molecule has 0 saturated carbocycles. The molecule has 0 saturated heterocycles. The molecule has 1 aliphatic heterocycles. The highest BCUT2D eigenvalue weighted by molar-refractivity contribution is 6.96. The Kier molecular flexibility index (Phi) is 8.19. The lowest BCUT2D eigenvalue weighted by molar-refractivity contribution is 0.803. The van der Waals surface area contributed by atoms with Gasteiger partial charge < -0.3 is 9.47 Å². The van der Waals surface area contributed by atoms with Crippen molar-refractivity contribution in [1.29, 1.82) is 0 Å². The molecule has 1 aromatic heterocycles. The molecule has 234 valence electrons. The fourth-order valence-electron chi connectivity index (χ4n) is 7.40. The van der Waals surface area contributed by atoms with E-state index in [1.807, 2.05) is 0 Å². The summed E-state index contributed by atoms with van der Waals surface area (Å²) in [6.45, 7) is 11.7. The van der Waals surface area contributed by atoms with Crippen molar-refractivity contribution in [3.63, 3.8) is 0 Å². The third-order valence-corrected chi connectivity index (χ3v) is 9.76. The Morgan fingerprint density at radius 3 is 2.17 bits per heavy atom. The average molecular weight is 616 g/mol. The van der Waals surface area contributed by atoms with Crippen molar-refractivity contribution in [2.45, 2.75) is 47.0 Å². The fraction of sp³-hybridized carbons (Fsp3) is 0.220. The van der Waals surface area contributed by atoms with Gasteiger partial charge in [0.1, 0.15) is 18.3 Å². The molecule has 6 heteroatoms. The van der Waals surface area contributed by atoms with Gasteiger partial charge in [-0.1, -0.05) is 124 Å². The molecule has 1 aliphatic carbocycles. The zero-order chi connectivity index (χ0) is 32.7. The van der Waals surface area contributed by atoms with Crippen LogP contribution in [0.4, 0.5) is 11.4 Å². The second kappa shape index (κ2) is 12.6. The summed E-state index contributed by atoms with van der Waals surface area (Å²) in [5, 5.41) is 7.09. The van der Waals surface area contributed by atoms with Crippen LogP contribution in [0.3, 0.4) is 0 Å². The van der Waals surface area contributed by atoms with E-state index < -0.39 is 0 Å². The third-order valence-electron chi connectivity index (χ3n) is 9.76. The highest BCUT2D eigenvalue weighted by Crippen LogP contribution is 2.30. The smallest absolute Gasteiger partial charge is 0.242 e. The van der Waals surface area contributed by atoms with E-state index in [4.69, 9.17) is 10.1 Å². The van der Waals surface area contributed by atoms with Crippen LogP contribution in [0, 0.1) is 27.7 Å². The second-order valence-corrected chi connectivity index (χ2v) is 13.0. The maximum Gasteiger partial charge on any atom is 0.242 e. The average Bonchev–Trinajstić information content (AvgIpc) is 3.62. The Balaban J connectivity index is 1.31. The Morgan fingerprint density at radius 2 is 1.45 bits per heavy atom. The molecule has 0 spiro atoms. The summed E-state index contributed by atoms with van der Waals surface area (Å²) in [4.78, 5) is 7.51. The summed E-state index contributed by atoms with van der Waals surface area (Å²) >= 11 is 0. The molecular formula is C41H42BN5. The van der Waals surface area contributed by atoms with Gasteiger partial charge in [-0.05, 0) is 65.3 Å². The minimum absolute atomic E-state index is 0.0423. The Hall–Kier alpha value is -5.10. The van der Waals surface area contributed by atoms with Crippen molar-refractivity contribution in [2.75, 3.05) is 16.6 Å². The zero-order valence-corrected chi connectivity index (χ0v) is 28.3. The van der Waals surface area contributed by atoms with E-state index in [-0.39, 0.29) is 6.71 Å². The van der Waals surface area contributed by atoms with Crippen LogP contribution in [-0.2, 0) is 7.05 Å². The molecule has 0 N–H and O–H groups in total. The first-order chi connectivity index (χ1) is 22.8. The SMILES string of the molecule is CC1=NN(c2cccc(B(c3cccc(-c4nc([C@@H]5C=CC=CC5)c(C)n4C)c3)c3c(C)cc(C)cc3C)c2)CN1c1ccccc1. The molecule has 5 aromatic rings. The molecule has 0 radical (unpaired) electrons. The van der Waals surface area contributed by atoms with Crippen LogP contribution in [0.15, 0.2) is 120 Å². The molecule has 4 aromatic carbocycles. The Labute approximate surface area is 279 Å². The summed E-state index contributed by atoms with van der Waals surface area (Å²) in [5.41, 5.74) is 13.5. The molecule has 2 heterocycles. The van der Waals surface area contributed by atoms with E-state index in [9.17, 15) is 0 Å². The third kappa shape index (κ3) is 5.85. The fourth-order valence-corrected chi connectivity index (χ4v) is 7.40. The molecule has 7 rings (SSSR count). The minimum atomic E-state index is 0.0423. The van der Waals surface area contributed by atoms with Gasteiger partial charge in [-0.2, -0.15) is 5.10 Å². The summed E-state index contributed by atoms with van der Waals surface area (Å²) in [7, 11) is 2.14. The lowest BCUT2D eigenvalue weighted by Gasteiger charge is -2.24. The molecule has 0 unspecified atom stereocenters. The number of rotatable bonds is 7. The number of aromatic nitrogens is 2. The number of anilines is 2.